The predicted molar refractivity (Wildman–Crippen MR) is 101 cm³/mol. The molecule has 0 radical (unpaired) electrons. The van der Waals surface area contributed by atoms with Gasteiger partial charge in [-0.25, -0.2) is 4.68 Å². The normalized spacial score (nSPS) is 18.0. The third-order valence-corrected chi connectivity index (χ3v) is 5.08. The van der Waals surface area contributed by atoms with E-state index in [2.05, 4.69) is 33.5 Å². The number of ether oxygens (including phenoxy) is 1. The summed E-state index contributed by atoms with van der Waals surface area (Å²) >= 11 is 5.58. The number of hydrogen-bond donors (Lipinski definition) is 0. The molecule has 1 aromatic heterocycles. The summed E-state index contributed by atoms with van der Waals surface area (Å²) in [5.74, 6) is -0.188. The second-order valence-corrected chi connectivity index (χ2v) is 7.14. The van der Waals surface area contributed by atoms with Crippen LogP contribution < -0.4 is 0 Å². The van der Waals surface area contributed by atoms with Gasteiger partial charge in [0.1, 0.15) is 0 Å². The molecule has 1 saturated heterocycles. The second-order valence-electron chi connectivity index (χ2n) is 6.77. The molecule has 0 N–H and O–H groups in total. The van der Waals surface area contributed by atoms with Gasteiger partial charge in [0.15, 0.2) is 0 Å². The van der Waals surface area contributed by atoms with E-state index in [1.165, 1.54) is 0 Å². The van der Waals surface area contributed by atoms with E-state index in [1.807, 2.05) is 20.8 Å². The number of esters is 1. The van der Waals surface area contributed by atoms with Gasteiger partial charge in [-0.3, -0.25) is 9.69 Å². The second kappa shape index (κ2) is 8.09. The number of benzene rings is 1. The first kappa shape index (κ1) is 18.7. The number of aryl methyl sites for hydroxylation is 2. The lowest BCUT2D eigenvalue weighted by atomic mass is 9.99. The van der Waals surface area contributed by atoms with Crippen LogP contribution in [0.5, 0.6) is 0 Å². The molecule has 0 saturated carbocycles. The molecule has 26 heavy (non-hydrogen) atoms. The largest absolute Gasteiger partial charge is 0.466 e. The van der Waals surface area contributed by atoms with Crippen molar-refractivity contribution in [1.29, 1.82) is 0 Å². The van der Waals surface area contributed by atoms with Gasteiger partial charge in [0.05, 0.1) is 24.9 Å². The van der Waals surface area contributed by atoms with E-state index >= 15 is 0 Å². The molecule has 1 atom stereocenters. The Morgan fingerprint density at radius 2 is 2.15 bits per heavy atom. The van der Waals surface area contributed by atoms with Crippen molar-refractivity contribution in [1.82, 2.24) is 24.7 Å². The first-order valence-corrected chi connectivity index (χ1v) is 9.40. The van der Waals surface area contributed by atoms with Crippen LogP contribution in [0.25, 0.3) is 5.69 Å². The molecule has 1 aromatic carbocycles. The topological polar surface area (TPSA) is 65.2 Å². The number of aromatic nitrogens is 4. The molecule has 1 aliphatic rings. The number of carbonyl (C=O) groups is 1. The van der Waals surface area contributed by atoms with E-state index in [1.54, 1.807) is 9.36 Å². The van der Waals surface area contributed by atoms with Crippen molar-refractivity contribution in [3.05, 3.63) is 34.1 Å². The zero-order valence-electron chi connectivity index (χ0n) is 15.5. The summed E-state index contributed by atoms with van der Waals surface area (Å²) in [5, 5.41) is 8.47. The van der Waals surface area contributed by atoms with Gasteiger partial charge in [0.25, 0.3) is 0 Å². The Hall–Kier alpha value is -2.06. The average molecular weight is 375 g/mol. The van der Waals surface area contributed by atoms with Crippen LogP contribution in [-0.2, 0) is 16.2 Å². The van der Waals surface area contributed by atoms with Crippen LogP contribution in [-0.4, -0.2) is 50.4 Å². The molecule has 0 aliphatic carbocycles. The first-order chi connectivity index (χ1) is 12.5. The van der Waals surface area contributed by atoms with Crippen molar-refractivity contribution in [2.45, 2.75) is 40.3 Å². The fraction of sp³-hybridized carbons (Fsp3) is 0.556. The van der Waals surface area contributed by atoms with Crippen LogP contribution in [0.1, 0.15) is 30.9 Å². The maximum Gasteiger partial charge on any atom is 0.310 e. The zero-order valence-corrected chi connectivity index (χ0v) is 16.3. The Balaban J connectivity index is 1.75. The molecule has 2 heterocycles. The van der Waals surface area contributed by atoms with Crippen LogP contribution in [0.2, 0.25) is 0 Å². The number of tetrazole rings is 1. The standard InChI is InChI=1S/C18H25N5O2S/c1-4-25-17(24)15-6-5-9-21(11-15)12-22-18(26)23(20-19-22)16-10-13(2)7-8-14(16)3/h7-8,10,15H,4-6,9,11-12H2,1-3H3/t15-/m0/s1. The molecular formula is C18H25N5O2S. The summed E-state index contributed by atoms with van der Waals surface area (Å²) in [7, 11) is 0. The Bertz CT molecular complexity index is 844. The minimum absolute atomic E-state index is 0.0769. The summed E-state index contributed by atoms with van der Waals surface area (Å²) < 4.78 is 9.13. The highest BCUT2D eigenvalue weighted by atomic mass is 32.1. The maximum atomic E-state index is 12.0. The smallest absolute Gasteiger partial charge is 0.310 e. The molecule has 1 aliphatic heterocycles. The molecule has 8 heteroatoms. The van der Waals surface area contributed by atoms with E-state index in [4.69, 9.17) is 17.0 Å². The monoisotopic (exact) mass is 375 g/mol. The SMILES string of the molecule is CCOC(=O)[C@H]1CCCN(Cn2nnn(-c3cc(C)ccc3C)c2=S)C1. The Kier molecular flexibility index (Phi) is 5.83. The molecule has 7 nitrogen and oxygen atoms in total. The lowest BCUT2D eigenvalue weighted by Crippen LogP contribution is -2.40. The van der Waals surface area contributed by atoms with Crippen molar-refractivity contribution >= 4 is 18.2 Å². The van der Waals surface area contributed by atoms with Gasteiger partial charge in [-0.2, -0.15) is 4.68 Å². The Morgan fingerprint density at radius 1 is 1.35 bits per heavy atom. The molecule has 140 valence electrons. The molecule has 3 rings (SSSR count). The summed E-state index contributed by atoms with van der Waals surface area (Å²) in [6, 6.07) is 6.18. The fourth-order valence-corrected chi connectivity index (χ4v) is 3.52. The molecule has 2 aromatic rings. The number of likely N-dealkylation sites (tertiary alicyclic amines) is 1. The van der Waals surface area contributed by atoms with Crippen LogP contribution >= 0.6 is 12.2 Å². The summed E-state index contributed by atoms with van der Waals surface area (Å²) in [6.45, 7) is 8.43. The number of piperidine rings is 1. The van der Waals surface area contributed by atoms with E-state index in [9.17, 15) is 4.79 Å². The average Bonchev–Trinajstić information content (AvgIpc) is 2.98. The van der Waals surface area contributed by atoms with Gasteiger partial charge in [-0.15, -0.1) is 0 Å². The van der Waals surface area contributed by atoms with E-state index in [0.29, 0.717) is 24.6 Å². The molecule has 0 spiro atoms. The van der Waals surface area contributed by atoms with Gasteiger partial charge in [0.2, 0.25) is 4.77 Å². The Morgan fingerprint density at radius 3 is 2.92 bits per heavy atom. The fourth-order valence-electron chi connectivity index (χ4n) is 3.29. The third kappa shape index (κ3) is 4.02. The van der Waals surface area contributed by atoms with E-state index in [0.717, 1.165) is 36.2 Å². The Labute approximate surface area is 158 Å². The molecule has 1 fully saturated rings. The van der Waals surface area contributed by atoms with E-state index in [-0.39, 0.29) is 11.9 Å². The molecular weight excluding hydrogens is 350 g/mol. The minimum atomic E-state index is -0.111. The number of hydrogen-bond acceptors (Lipinski definition) is 6. The first-order valence-electron chi connectivity index (χ1n) is 8.99. The minimum Gasteiger partial charge on any atom is -0.466 e. The van der Waals surface area contributed by atoms with Crippen LogP contribution in [0.3, 0.4) is 0 Å². The van der Waals surface area contributed by atoms with Crippen molar-refractivity contribution in [2.24, 2.45) is 5.92 Å². The highest BCUT2D eigenvalue weighted by Gasteiger charge is 2.27. The third-order valence-electron chi connectivity index (χ3n) is 4.69. The van der Waals surface area contributed by atoms with E-state index < -0.39 is 0 Å². The van der Waals surface area contributed by atoms with Crippen LogP contribution in [0, 0.1) is 24.5 Å². The number of nitrogens with zero attached hydrogens (tertiary/aromatic N) is 5. The van der Waals surface area contributed by atoms with Crippen molar-refractivity contribution in [2.75, 3.05) is 19.7 Å². The lowest BCUT2D eigenvalue weighted by Gasteiger charge is -2.30. The van der Waals surface area contributed by atoms with Gasteiger partial charge in [0, 0.05) is 6.54 Å². The van der Waals surface area contributed by atoms with Gasteiger partial charge in [-0.05, 0) is 80.0 Å². The van der Waals surface area contributed by atoms with Crippen molar-refractivity contribution < 1.29 is 9.53 Å². The number of carbonyl (C=O) groups excluding carboxylic acids is 1. The van der Waals surface area contributed by atoms with Crippen molar-refractivity contribution in [3.63, 3.8) is 0 Å². The predicted octanol–water partition coefficient (Wildman–Crippen LogP) is 2.65. The summed E-state index contributed by atoms with van der Waals surface area (Å²) in [6.07, 6.45) is 1.83. The van der Waals surface area contributed by atoms with Gasteiger partial charge >= 0.3 is 5.97 Å². The summed E-state index contributed by atoms with van der Waals surface area (Å²) in [5.41, 5.74) is 3.19. The van der Waals surface area contributed by atoms with Crippen LogP contribution in [0.4, 0.5) is 0 Å². The van der Waals surface area contributed by atoms with Crippen molar-refractivity contribution in [3.8, 4) is 5.69 Å². The molecule has 0 amide bonds. The number of rotatable bonds is 5. The zero-order chi connectivity index (χ0) is 18.7. The molecule has 0 bridgehead atoms. The maximum absolute atomic E-state index is 12.0. The highest BCUT2D eigenvalue weighted by Crippen LogP contribution is 2.19. The lowest BCUT2D eigenvalue weighted by molar-refractivity contribution is -0.150. The van der Waals surface area contributed by atoms with Gasteiger partial charge in [-0.1, -0.05) is 12.1 Å². The van der Waals surface area contributed by atoms with Crippen LogP contribution in [0.15, 0.2) is 18.2 Å². The quantitative estimate of drug-likeness (QED) is 0.591. The molecule has 0 unspecified atom stereocenters. The van der Waals surface area contributed by atoms with Gasteiger partial charge < -0.3 is 4.74 Å². The summed E-state index contributed by atoms with van der Waals surface area (Å²) in [4.78, 5) is 14.2. The highest BCUT2D eigenvalue weighted by molar-refractivity contribution is 7.71.